The molecule has 13 heavy (non-hydrogen) atoms. The van der Waals surface area contributed by atoms with E-state index in [4.69, 9.17) is 0 Å². The summed E-state index contributed by atoms with van der Waals surface area (Å²) in [4.78, 5) is 19.6. The minimum absolute atomic E-state index is 0.726. The number of hydrogen-bond acceptors (Lipinski definition) is 4. The lowest BCUT2D eigenvalue weighted by molar-refractivity contribution is 1.25. The van der Waals surface area contributed by atoms with E-state index in [1.165, 1.54) is 0 Å². The van der Waals surface area contributed by atoms with Gasteiger partial charge in [-0.15, -0.1) is 0 Å². The van der Waals surface area contributed by atoms with Crippen molar-refractivity contribution in [2.24, 2.45) is 0 Å². The first kappa shape index (κ1) is 6.47. The van der Waals surface area contributed by atoms with Gasteiger partial charge in [-0.3, -0.25) is 0 Å². The number of aromatic nitrogens is 5. The van der Waals surface area contributed by atoms with Crippen LogP contribution in [0.25, 0.3) is 22.3 Å². The minimum atomic E-state index is 0.726. The van der Waals surface area contributed by atoms with Crippen LogP contribution in [0.1, 0.15) is 0 Å². The first-order valence-electron chi connectivity index (χ1n) is 3.84. The van der Waals surface area contributed by atoms with Gasteiger partial charge in [-0.1, -0.05) is 0 Å². The van der Waals surface area contributed by atoms with Gasteiger partial charge < -0.3 is 4.98 Å². The Morgan fingerprint density at radius 2 is 1.15 bits per heavy atom. The van der Waals surface area contributed by atoms with Crippen molar-refractivity contribution < 1.29 is 0 Å². The third-order valence-electron chi connectivity index (χ3n) is 1.86. The van der Waals surface area contributed by atoms with Crippen LogP contribution in [0.4, 0.5) is 0 Å². The van der Waals surface area contributed by atoms with Gasteiger partial charge in [0.25, 0.3) is 0 Å². The molecule has 0 radical (unpaired) electrons. The fourth-order valence-corrected chi connectivity index (χ4v) is 1.32. The molecule has 0 aromatic carbocycles. The predicted molar refractivity (Wildman–Crippen MR) is 47.0 cm³/mol. The molecule has 0 aliphatic rings. The molecule has 1 N–H and O–H groups in total. The lowest BCUT2D eigenvalue weighted by Crippen LogP contribution is -1.78. The van der Waals surface area contributed by atoms with E-state index in [-0.39, 0.29) is 0 Å². The number of aromatic amines is 1. The zero-order chi connectivity index (χ0) is 8.67. The van der Waals surface area contributed by atoms with Crippen LogP contribution >= 0.6 is 0 Å². The van der Waals surface area contributed by atoms with E-state index in [1.807, 2.05) is 0 Å². The van der Waals surface area contributed by atoms with Crippen molar-refractivity contribution in [1.29, 1.82) is 0 Å². The van der Waals surface area contributed by atoms with E-state index in [1.54, 1.807) is 24.8 Å². The van der Waals surface area contributed by atoms with Gasteiger partial charge in [0.1, 0.15) is 11.0 Å². The Morgan fingerprint density at radius 1 is 0.692 bits per heavy atom. The number of rotatable bonds is 0. The molecule has 62 valence electrons. The van der Waals surface area contributed by atoms with E-state index in [0.717, 1.165) is 22.3 Å². The molecule has 0 fully saturated rings. The molecule has 0 bridgehead atoms. The van der Waals surface area contributed by atoms with Crippen LogP contribution in [0.3, 0.4) is 0 Å². The third kappa shape index (κ3) is 0.807. The van der Waals surface area contributed by atoms with Crippen molar-refractivity contribution in [2.75, 3.05) is 0 Å². The van der Waals surface area contributed by atoms with E-state index in [2.05, 4.69) is 24.9 Å². The summed E-state index contributed by atoms with van der Waals surface area (Å²) in [6.07, 6.45) is 6.56. The average molecular weight is 171 g/mol. The summed E-state index contributed by atoms with van der Waals surface area (Å²) in [5.74, 6) is 0. The van der Waals surface area contributed by atoms with Crippen molar-refractivity contribution in [1.82, 2.24) is 24.9 Å². The van der Waals surface area contributed by atoms with Gasteiger partial charge in [0.05, 0.1) is 0 Å². The molecule has 3 aromatic heterocycles. The fourth-order valence-electron chi connectivity index (χ4n) is 1.32. The van der Waals surface area contributed by atoms with Crippen molar-refractivity contribution in [2.45, 2.75) is 0 Å². The summed E-state index contributed by atoms with van der Waals surface area (Å²) >= 11 is 0. The highest BCUT2D eigenvalue weighted by Crippen LogP contribution is 2.16. The van der Waals surface area contributed by atoms with Crippen LogP contribution < -0.4 is 0 Å². The van der Waals surface area contributed by atoms with Crippen molar-refractivity contribution in [3.05, 3.63) is 24.8 Å². The van der Waals surface area contributed by atoms with Gasteiger partial charge in [0.2, 0.25) is 0 Å². The van der Waals surface area contributed by atoms with Crippen LogP contribution in [0.2, 0.25) is 0 Å². The van der Waals surface area contributed by atoms with E-state index < -0.39 is 0 Å². The zero-order valence-electron chi connectivity index (χ0n) is 6.60. The normalized spacial score (nSPS) is 11.1. The Bertz CT molecular complexity index is 520. The number of hydrogen-bond donors (Lipinski definition) is 1. The first-order chi connectivity index (χ1) is 6.45. The molecule has 0 saturated heterocycles. The predicted octanol–water partition coefficient (Wildman–Crippen LogP) is 0.901. The molecule has 0 aliphatic carbocycles. The summed E-state index contributed by atoms with van der Waals surface area (Å²) in [5.41, 5.74) is 2.99. The summed E-state index contributed by atoms with van der Waals surface area (Å²) in [7, 11) is 0. The van der Waals surface area contributed by atoms with Gasteiger partial charge in [0, 0.05) is 24.8 Å². The lowest BCUT2D eigenvalue weighted by Gasteiger charge is -1.85. The van der Waals surface area contributed by atoms with Gasteiger partial charge in [0.15, 0.2) is 11.3 Å². The van der Waals surface area contributed by atoms with Crippen LogP contribution in [-0.4, -0.2) is 24.9 Å². The minimum Gasteiger partial charge on any atom is -0.321 e. The Labute approximate surface area is 72.9 Å². The maximum Gasteiger partial charge on any atom is 0.160 e. The third-order valence-corrected chi connectivity index (χ3v) is 1.86. The number of nitrogens with one attached hydrogen (secondary N) is 1. The van der Waals surface area contributed by atoms with E-state index in [0.29, 0.717) is 0 Å². The Kier molecular flexibility index (Phi) is 1.11. The van der Waals surface area contributed by atoms with Gasteiger partial charge in [-0.25, -0.2) is 19.9 Å². The number of fused-ring (bicyclic) bond motifs is 3. The molecule has 5 nitrogen and oxygen atoms in total. The quantitative estimate of drug-likeness (QED) is 0.545. The van der Waals surface area contributed by atoms with E-state index in [9.17, 15) is 0 Å². The van der Waals surface area contributed by atoms with Crippen molar-refractivity contribution in [3.8, 4) is 0 Å². The second kappa shape index (κ2) is 2.22. The number of H-pyrrole nitrogens is 1. The fraction of sp³-hybridized carbons (Fsp3) is 0. The molecule has 0 saturated carbocycles. The molecule has 3 rings (SSSR count). The highest BCUT2D eigenvalue weighted by Gasteiger charge is 2.05. The monoisotopic (exact) mass is 171 g/mol. The van der Waals surface area contributed by atoms with Crippen LogP contribution in [-0.2, 0) is 0 Å². The summed E-state index contributed by atoms with van der Waals surface area (Å²) in [6, 6.07) is 0. The zero-order valence-corrected chi connectivity index (χ0v) is 6.60. The van der Waals surface area contributed by atoms with Crippen LogP contribution in [0.5, 0.6) is 0 Å². The maximum atomic E-state index is 4.17. The Balaban J connectivity index is 2.64. The second-order valence-electron chi connectivity index (χ2n) is 2.63. The van der Waals surface area contributed by atoms with E-state index >= 15 is 0 Å². The topological polar surface area (TPSA) is 67.3 Å². The average Bonchev–Trinajstić information content (AvgIpc) is 2.56. The molecule has 5 heteroatoms. The molecule has 3 heterocycles. The largest absolute Gasteiger partial charge is 0.321 e. The number of nitrogens with zero attached hydrogens (tertiary/aromatic N) is 4. The van der Waals surface area contributed by atoms with Gasteiger partial charge in [-0.05, 0) is 0 Å². The van der Waals surface area contributed by atoms with Crippen molar-refractivity contribution >= 4 is 22.3 Å². The Hall–Kier alpha value is -2.04. The first-order valence-corrected chi connectivity index (χ1v) is 3.84. The molecule has 0 amide bonds. The standard InChI is InChI=1S/C8H5N5/c1-3-11-7-5(9-1)6-8(13-7)12-4-2-10-6/h1-4H,(H,11,12,13). The molecular formula is C8H5N5. The van der Waals surface area contributed by atoms with Crippen LogP contribution in [0.15, 0.2) is 24.8 Å². The molecule has 0 atom stereocenters. The highest BCUT2D eigenvalue weighted by molar-refractivity contribution is 5.98. The van der Waals surface area contributed by atoms with Gasteiger partial charge in [-0.2, -0.15) is 0 Å². The smallest absolute Gasteiger partial charge is 0.160 e. The van der Waals surface area contributed by atoms with Crippen molar-refractivity contribution in [3.63, 3.8) is 0 Å². The summed E-state index contributed by atoms with van der Waals surface area (Å²) in [5, 5.41) is 0. The highest BCUT2D eigenvalue weighted by atomic mass is 15.0. The SMILES string of the molecule is c1cnc2c(n1)[nH]c1nccnc12. The molecule has 0 aliphatic heterocycles. The lowest BCUT2D eigenvalue weighted by atomic mass is 10.4. The molecule has 3 aromatic rings. The van der Waals surface area contributed by atoms with Gasteiger partial charge >= 0.3 is 0 Å². The Morgan fingerprint density at radius 3 is 1.69 bits per heavy atom. The second-order valence-corrected chi connectivity index (χ2v) is 2.63. The molecular weight excluding hydrogens is 166 g/mol. The maximum absolute atomic E-state index is 4.17. The molecule has 0 spiro atoms. The summed E-state index contributed by atoms with van der Waals surface area (Å²) in [6.45, 7) is 0. The summed E-state index contributed by atoms with van der Waals surface area (Å²) < 4.78 is 0. The van der Waals surface area contributed by atoms with Crippen LogP contribution in [0, 0.1) is 0 Å². The molecule has 0 unspecified atom stereocenters.